The second kappa shape index (κ2) is 22.9. The average Bonchev–Trinajstić information content (AvgIpc) is 3.46. The van der Waals surface area contributed by atoms with Crippen LogP contribution in [0.5, 0.6) is 5.75 Å². The van der Waals surface area contributed by atoms with Crippen molar-refractivity contribution in [3.8, 4) is 5.75 Å². The minimum atomic E-state index is -2.34. The fraction of sp³-hybridized carbons (Fsp3) is 0.523. The van der Waals surface area contributed by atoms with Gasteiger partial charge in [0.25, 0.3) is 5.56 Å². The van der Waals surface area contributed by atoms with E-state index in [4.69, 9.17) is 14.2 Å². The first-order chi connectivity index (χ1) is 27.3. The Hall–Kier alpha value is -3.48. The Balaban J connectivity index is 0.0000120. The maximum absolute atomic E-state index is 13.3. The van der Waals surface area contributed by atoms with Gasteiger partial charge in [-0.3, -0.25) is 14.4 Å². The number of methoxy groups -OCH3 is 1. The lowest BCUT2D eigenvalue weighted by molar-refractivity contribution is -0.359. The first-order valence-electron chi connectivity index (χ1n) is 19.5. The number of nitrogens with zero attached hydrogens (tertiary/aromatic N) is 1. The number of aryl methyl sites for hydroxylation is 1. The molecule has 2 aliphatic rings. The van der Waals surface area contributed by atoms with Crippen molar-refractivity contribution < 1.29 is 54.4 Å². The number of pyridine rings is 1. The fourth-order valence-corrected chi connectivity index (χ4v) is 7.27. The van der Waals surface area contributed by atoms with Gasteiger partial charge in [0.15, 0.2) is 5.78 Å². The number of carbonyl (C=O) groups excluding carboxylic acids is 2. The molecule has 0 bridgehead atoms. The Kier molecular flexibility index (Phi) is 20.1. The number of carbonyl (C=O) groups is 2. The zero-order valence-corrected chi connectivity index (χ0v) is 37.0. The molecule has 3 heterocycles. The molecule has 7 N–H and O–H groups in total. The van der Waals surface area contributed by atoms with Crippen LogP contribution in [0.1, 0.15) is 65.2 Å². The lowest BCUT2D eigenvalue weighted by Gasteiger charge is -2.53. The van der Waals surface area contributed by atoms with Crippen molar-refractivity contribution in [1.82, 2.24) is 9.88 Å². The lowest BCUT2D eigenvalue weighted by atomic mass is 9.71. The number of ether oxygens (including phenoxy) is 3. The van der Waals surface area contributed by atoms with E-state index in [9.17, 15) is 45.0 Å². The normalized spacial score (nSPS) is 29.4. The Labute approximate surface area is 363 Å². The molecule has 0 aromatic carbocycles. The Morgan fingerprint density at radius 3 is 2.29 bits per heavy atom. The van der Waals surface area contributed by atoms with E-state index in [1.807, 2.05) is 26.8 Å². The minimum absolute atomic E-state index is 0. The number of amides is 1. The summed E-state index contributed by atoms with van der Waals surface area (Å²) in [7, 11) is 3.01. The van der Waals surface area contributed by atoms with Crippen LogP contribution in [-0.2, 0) is 26.1 Å². The van der Waals surface area contributed by atoms with Crippen molar-refractivity contribution in [2.45, 2.75) is 110 Å². The van der Waals surface area contributed by atoms with Gasteiger partial charge >= 0.3 is 0 Å². The quantitative estimate of drug-likeness (QED) is 0.0522. The number of ketones is 1. The smallest absolute Gasteiger partial charge is 0.265 e. The summed E-state index contributed by atoms with van der Waals surface area (Å²) in [5.74, 6) is -5.51. The molecule has 11 atom stereocenters. The van der Waals surface area contributed by atoms with Gasteiger partial charge in [-0.2, -0.15) is 0 Å². The molecule has 14 nitrogen and oxygen atoms in total. The molecule has 0 saturated carbocycles. The molecule has 2 fully saturated rings. The highest BCUT2D eigenvalue weighted by Crippen LogP contribution is 2.44. The zero-order valence-electron chi connectivity index (χ0n) is 35.6. The predicted octanol–water partition coefficient (Wildman–Crippen LogP) is 2.70. The molecule has 0 unspecified atom stereocenters. The number of aliphatic hydroxyl groups is 5. The van der Waals surface area contributed by atoms with Crippen LogP contribution in [0, 0.1) is 17.3 Å². The van der Waals surface area contributed by atoms with E-state index in [0.717, 1.165) is 5.57 Å². The molecule has 0 aliphatic carbocycles. The van der Waals surface area contributed by atoms with Crippen LogP contribution in [-0.4, -0.2) is 138 Å². The topological polar surface area (TPSA) is 217 Å². The number of nitrogens with one attached hydrogen (secondary N) is 1. The van der Waals surface area contributed by atoms with Crippen molar-refractivity contribution in [3.05, 3.63) is 112 Å². The van der Waals surface area contributed by atoms with Crippen LogP contribution in [0.15, 0.2) is 101 Å². The summed E-state index contributed by atoms with van der Waals surface area (Å²) in [6.45, 7) is 12.2. The summed E-state index contributed by atoms with van der Waals surface area (Å²) in [6.07, 6.45) is 13.0. The van der Waals surface area contributed by atoms with Crippen LogP contribution in [0.2, 0.25) is 0 Å². The van der Waals surface area contributed by atoms with Crippen molar-refractivity contribution in [1.29, 1.82) is 0 Å². The van der Waals surface area contributed by atoms with Crippen LogP contribution in [0.4, 0.5) is 0 Å². The van der Waals surface area contributed by atoms with E-state index in [1.165, 1.54) is 44.0 Å². The Morgan fingerprint density at radius 1 is 1.00 bits per heavy atom. The molecule has 3 rings (SSSR count). The van der Waals surface area contributed by atoms with Gasteiger partial charge in [-0.25, -0.2) is 0 Å². The highest BCUT2D eigenvalue weighted by atomic mass is 24.3. The molecule has 0 spiro atoms. The summed E-state index contributed by atoms with van der Waals surface area (Å²) in [4.78, 5) is 38.4. The summed E-state index contributed by atoms with van der Waals surface area (Å²) in [5, 5.41) is 68.0. The third-order valence-electron chi connectivity index (χ3n) is 11.0. The van der Waals surface area contributed by atoms with E-state index in [-0.39, 0.29) is 47.2 Å². The molecule has 1 amide bonds. The maximum atomic E-state index is 13.3. The van der Waals surface area contributed by atoms with Gasteiger partial charge in [0, 0.05) is 61.3 Å². The molecule has 15 heteroatoms. The van der Waals surface area contributed by atoms with Gasteiger partial charge in [-0.05, 0) is 44.4 Å². The van der Waals surface area contributed by atoms with E-state index in [2.05, 4.69) is 5.32 Å². The van der Waals surface area contributed by atoms with Crippen molar-refractivity contribution in [2.24, 2.45) is 24.3 Å². The minimum Gasteiger partial charge on any atom is -0.507 e. The van der Waals surface area contributed by atoms with Crippen molar-refractivity contribution >= 4 is 34.7 Å². The van der Waals surface area contributed by atoms with Gasteiger partial charge < -0.3 is 54.7 Å². The number of rotatable bonds is 17. The molecule has 322 valence electrons. The van der Waals surface area contributed by atoms with Crippen LogP contribution in [0.25, 0.3) is 0 Å². The first-order valence-corrected chi connectivity index (χ1v) is 19.5. The monoisotopic (exact) mass is 834 g/mol. The zero-order chi connectivity index (χ0) is 43.5. The molecule has 1 aromatic rings. The van der Waals surface area contributed by atoms with Crippen LogP contribution in [0.3, 0.4) is 0 Å². The lowest BCUT2D eigenvalue weighted by Crippen LogP contribution is -2.69. The first kappa shape index (κ1) is 51.7. The van der Waals surface area contributed by atoms with Crippen LogP contribution >= 0.6 is 0 Å². The molecule has 1 aromatic heterocycles. The SMILES string of the molecule is C/C=C\C=C\[C@@H]1O[C@](O)([C@H](CC)C(=O)NC/C=C/C=C(\C)[C@@H](OC)[C@@H](C)[C@@H]2O[C@H](/C=C/C=C/C=C(\C)C(=O)c3c(O)ccn(C)c3=O)[C@H](O)[C@@H]2O)[C@H](O)[C@H](O)C1(C)C.[Mg]. The summed E-state index contributed by atoms with van der Waals surface area (Å²) < 4.78 is 19.0. The van der Waals surface area contributed by atoms with Gasteiger partial charge in [0.2, 0.25) is 11.7 Å². The molecule has 59 heavy (non-hydrogen) atoms. The van der Waals surface area contributed by atoms with Crippen molar-refractivity contribution in [2.75, 3.05) is 13.7 Å². The van der Waals surface area contributed by atoms with E-state index in [1.54, 1.807) is 81.5 Å². The number of aromatic hydroxyl groups is 1. The number of allylic oxidation sites excluding steroid dienone is 10. The summed E-state index contributed by atoms with van der Waals surface area (Å²) >= 11 is 0. The molecule has 2 radical (unpaired) electrons. The summed E-state index contributed by atoms with van der Waals surface area (Å²) in [5.41, 5.74) is -0.881. The predicted molar refractivity (Wildman–Crippen MR) is 225 cm³/mol. The number of Topliss-reactive ketones (excluding diaryl/α,β-unsaturated/α-hetero) is 1. The molecule has 2 aliphatic heterocycles. The Morgan fingerprint density at radius 2 is 1.66 bits per heavy atom. The highest BCUT2D eigenvalue weighted by molar-refractivity contribution is 6.09. The molecular formula is C44H62MgN2O12. The van der Waals surface area contributed by atoms with E-state index in [0.29, 0.717) is 0 Å². The third-order valence-corrected chi connectivity index (χ3v) is 11.0. The van der Waals surface area contributed by atoms with Crippen LogP contribution < -0.4 is 10.9 Å². The van der Waals surface area contributed by atoms with E-state index < -0.39 is 94.9 Å². The van der Waals surface area contributed by atoms with Crippen molar-refractivity contribution in [3.63, 3.8) is 0 Å². The number of aromatic nitrogens is 1. The highest BCUT2D eigenvalue weighted by Gasteiger charge is 2.60. The maximum Gasteiger partial charge on any atom is 0.265 e. The second-order valence-corrected chi connectivity index (χ2v) is 15.5. The fourth-order valence-electron chi connectivity index (χ4n) is 7.27. The molecule has 2 saturated heterocycles. The third kappa shape index (κ3) is 12.1. The number of hydrogen-bond donors (Lipinski definition) is 7. The second-order valence-electron chi connectivity index (χ2n) is 15.5. The van der Waals surface area contributed by atoms with Gasteiger partial charge in [-0.15, -0.1) is 0 Å². The number of aliphatic hydroxyl groups excluding tert-OH is 4. The largest absolute Gasteiger partial charge is 0.507 e. The summed E-state index contributed by atoms with van der Waals surface area (Å²) in [6, 6.07) is 1.27. The average molecular weight is 835 g/mol. The Bertz CT molecular complexity index is 1860. The number of hydrogen-bond acceptors (Lipinski definition) is 12. The van der Waals surface area contributed by atoms with Gasteiger partial charge in [0.1, 0.15) is 35.7 Å². The van der Waals surface area contributed by atoms with Gasteiger partial charge in [0.05, 0.1) is 30.3 Å². The van der Waals surface area contributed by atoms with Gasteiger partial charge in [-0.1, -0.05) is 101 Å². The standard InChI is InChI=1S/C44H62N2O12.Mg/c1-10-12-14-22-32-43(6,7)39(51)40(52)44(55,58-32)29(11-2)41(53)45-24-18-17-20-27(4)37(56-9)28(5)38-36(50)35(49)31(57-38)21-16-13-15-19-26(3)34(48)33-30(47)23-25-46(8)42(33)54;/h10,12-23,25,28-29,31-32,35-40,47,49-52,55H,11,24H2,1-9H3,(H,45,53);/b12-10-,15-13+,18-17+,21-16+,22-14+,26-19+,27-20+;/t28-,29-,31-,32+,35+,36+,37-,38+,39+,40-,44-;/m1./s1. The van der Waals surface area contributed by atoms with E-state index >= 15 is 0 Å². The molecular weight excluding hydrogens is 773 g/mol.